The van der Waals surface area contributed by atoms with Crippen LogP contribution in [0.5, 0.6) is 0 Å². The molecule has 0 aromatic carbocycles. The third-order valence-electron chi connectivity index (χ3n) is 2.84. The van der Waals surface area contributed by atoms with E-state index in [1.165, 1.54) is 6.92 Å². The average Bonchev–Trinajstić information content (AvgIpc) is 2.37. The van der Waals surface area contributed by atoms with Crippen molar-refractivity contribution < 1.29 is 17.9 Å². The number of nitrogens with two attached hydrogens (primary N) is 1. The van der Waals surface area contributed by atoms with Gasteiger partial charge < -0.3 is 9.47 Å². The van der Waals surface area contributed by atoms with Gasteiger partial charge in [-0.05, 0) is 33.3 Å². The summed E-state index contributed by atoms with van der Waals surface area (Å²) >= 11 is 0. The zero-order valence-electron chi connectivity index (χ0n) is 12.2. The first-order valence-corrected chi connectivity index (χ1v) is 7.97. The highest BCUT2D eigenvalue weighted by atomic mass is 32.2. The Bertz CT molecular complexity index is 524. The second-order valence-electron chi connectivity index (χ2n) is 4.35. The molecule has 0 saturated carbocycles. The Labute approximate surface area is 119 Å². The number of hydrogen-bond acceptors (Lipinski definition) is 6. The number of sulfonamides is 1. The molecule has 114 valence electrons. The lowest BCUT2D eigenvalue weighted by atomic mass is 10.1. The van der Waals surface area contributed by atoms with Crippen molar-refractivity contribution >= 4 is 10.0 Å². The van der Waals surface area contributed by atoms with Crippen molar-refractivity contribution in [2.75, 3.05) is 13.2 Å². The van der Waals surface area contributed by atoms with E-state index in [4.69, 9.17) is 14.6 Å². The average molecular weight is 303 g/mol. The van der Waals surface area contributed by atoms with Crippen molar-refractivity contribution in [1.29, 1.82) is 0 Å². The molecule has 0 bridgehead atoms. The molecule has 1 aromatic heterocycles. The maximum atomic E-state index is 11.7. The van der Waals surface area contributed by atoms with Crippen LogP contribution in [-0.4, -0.2) is 36.8 Å². The molecule has 7 nitrogen and oxygen atoms in total. The van der Waals surface area contributed by atoms with E-state index in [0.29, 0.717) is 0 Å². The molecule has 0 saturated heterocycles. The lowest BCUT2D eigenvalue weighted by molar-refractivity contribution is -0.246. The lowest BCUT2D eigenvalue weighted by Crippen LogP contribution is -2.50. The van der Waals surface area contributed by atoms with Crippen molar-refractivity contribution in [3.8, 4) is 0 Å². The molecule has 0 amide bonds. The minimum absolute atomic E-state index is 0.147. The van der Waals surface area contributed by atoms with Gasteiger partial charge in [-0.15, -0.1) is 0 Å². The Morgan fingerprint density at radius 1 is 1.25 bits per heavy atom. The van der Waals surface area contributed by atoms with Gasteiger partial charge in [-0.1, -0.05) is 0 Å². The molecule has 0 aliphatic carbocycles. The topological polar surface area (TPSA) is 104 Å². The first kappa shape index (κ1) is 17.0. The number of aryl methyl sites for hydroxylation is 1. The van der Waals surface area contributed by atoms with Crippen molar-refractivity contribution in [2.45, 2.75) is 38.7 Å². The number of nitrogens with zero attached hydrogens (tertiary/aromatic N) is 2. The van der Waals surface area contributed by atoms with E-state index >= 15 is 0 Å². The van der Waals surface area contributed by atoms with E-state index in [2.05, 4.69) is 9.97 Å². The van der Waals surface area contributed by atoms with E-state index in [-0.39, 0.29) is 19.0 Å². The number of aromatic nitrogens is 2. The summed E-state index contributed by atoms with van der Waals surface area (Å²) in [6.07, 6.45) is 3.15. The van der Waals surface area contributed by atoms with Gasteiger partial charge in [0.15, 0.2) is 5.82 Å². The first-order chi connectivity index (χ1) is 9.28. The van der Waals surface area contributed by atoms with Crippen LogP contribution in [0.1, 0.15) is 32.2 Å². The van der Waals surface area contributed by atoms with Gasteiger partial charge in [0.1, 0.15) is 5.25 Å². The number of hydrogen-bond donors (Lipinski definition) is 1. The summed E-state index contributed by atoms with van der Waals surface area (Å²) in [7, 11) is -3.89. The van der Waals surface area contributed by atoms with Gasteiger partial charge >= 0.3 is 0 Å². The first-order valence-electron chi connectivity index (χ1n) is 6.36. The molecule has 8 heteroatoms. The molecule has 20 heavy (non-hydrogen) atoms. The molecular formula is C12H21N3O4S. The lowest BCUT2D eigenvalue weighted by Gasteiger charge is -2.35. The summed E-state index contributed by atoms with van der Waals surface area (Å²) in [6, 6.07) is 0. The molecule has 0 aliphatic heterocycles. The molecule has 1 aromatic rings. The van der Waals surface area contributed by atoms with Crippen LogP contribution >= 0.6 is 0 Å². The molecule has 0 aliphatic rings. The summed E-state index contributed by atoms with van der Waals surface area (Å²) in [4.78, 5) is 8.28. The van der Waals surface area contributed by atoms with Crippen molar-refractivity contribution in [3.63, 3.8) is 0 Å². The van der Waals surface area contributed by atoms with Crippen LogP contribution in [0.4, 0.5) is 0 Å². The highest BCUT2D eigenvalue weighted by Gasteiger charge is 2.48. The number of ether oxygens (including phenoxy) is 2. The molecule has 1 rings (SSSR count). The molecule has 2 N–H and O–H groups in total. The van der Waals surface area contributed by atoms with Crippen LogP contribution in [0.2, 0.25) is 0 Å². The van der Waals surface area contributed by atoms with Gasteiger partial charge in [0.2, 0.25) is 15.8 Å². The Morgan fingerprint density at radius 3 is 2.05 bits per heavy atom. The Morgan fingerprint density at radius 2 is 1.70 bits per heavy atom. The van der Waals surface area contributed by atoms with Gasteiger partial charge in [0.25, 0.3) is 0 Å². The fraction of sp³-hybridized carbons (Fsp3) is 0.667. The van der Waals surface area contributed by atoms with E-state index in [1.54, 1.807) is 26.2 Å². The summed E-state index contributed by atoms with van der Waals surface area (Å²) in [5.41, 5.74) is 0.846. The maximum absolute atomic E-state index is 11.7. The highest BCUT2D eigenvalue weighted by molar-refractivity contribution is 7.89. The van der Waals surface area contributed by atoms with Crippen LogP contribution in [0.15, 0.2) is 12.4 Å². The predicted molar refractivity (Wildman–Crippen MR) is 74.3 cm³/mol. The molecule has 0 unspecified atom stereocenters. The Balaban J connectivity index is 3.41. The van der Waals surface area contributed by atoms with Gasteiger partial charge in [-0.2, -0.15) is 0 Å². The Hall–Kier alpha value is -1.09. The van der Waals surface area contributed by atoms with Crippen LogP contribution in [-0.2, 0) is 25.3 Å². The van der Waals surface area contributed by atoms with E-state index in [9.17, 15) is 8.42 Å². The van der Waals surface area contributed by atoms with Crippen molar-refractivity contribution in [2.24, 2.45) is 5.14 Å². The zero-order chi connectivity index (χ0) is 15.4. The van der Waals surface area contributed by atoms with Gasteiger partial charge in [-0.25, -0.2) is 23.5 Å². The number of rotatable bonds is 7. The number of primary sulfonamides is 1. The molecular weight excluding hydrogens is 282 g/mol. The van der Waals surface area contributed by atoms with E-state index in [1.807, 2.05) is 6.92 Å². The Kier molecular flexibility index (Phi) is 5.58. The standard InChI is InChI=1S/C12H21N3O4S/c1-5-18-12(19-6-2,10(4)20(13,16)17)11-14-7-9(3)8-15-11/h7-8,10H,5-6H2,1-4H3,(H2,13,16,17)/t10-/m0/s1. The van der Waals surface area contributed by atoms with Gasteiger partial charge in [0.05, 0.1) is 0 Å². The molecule has 1 atom stereocenters. The summed E-state index contributed by atoms with van der Waals surface area (Å²) in [5.74, 6) is -1.46. The monoisotopic (exact) mass is 303 g/mol. The summed E-state index contributed by atoms with van der Waals surface area (Å²) < 4.78 is 34.6. The SMILES string of the molecule is CCOC(OCC)(c1ncc(C)cn1)[C@H](C)S(N)(=O)=O. The maximum Gasteiger partial charge on any atom is 0.248 e. The summed E-state index contributed by atoms with van der Waals surface area (Å²) in [6.45, 7) is 7.18. The van der Waals surface area contributed by atoms with Crippen LogP contribution in [0, 0.1) is 6.92 Å². The second-order valence-corrected chi connectivity index (χ2v) is 6.23. The molecule has 0 radical (unpaired) electrons. The minimum Gasteiger partial charge on any atom is -0.343 e. The molecule has 0 fully saturated rings. The predicted octanol–water partition coefficient (Wildman–Crippen LogP) is 0.688. The van der Waals surface area contributed by atoms with Crippen LogP contribution in [0.25, 0.3) is 0 Å². The molecule has 1 heterocycles. The third kappa shape index (κ3) is 3.51. The zero-order valence-corrected chi connectivity index (χ0v) is 13.0. The van der Waals surface area contributed by atoms with Gasteiger partial charge in [-0.3, -0.25) is 0 Å². The largest absolute Gasteiger partial charge is 0.343 e. The van der Waals surface area contributed by atoms with E-state index in [0.717, 1.165) is 5.56 Å². The fourth-order valence-corrected chi connectivity index (χ4v) is 2.48. The minimum atomic E-state index is -3.89. The van der Waals surface area contributed by atoms with Crippen molar-refractivity contribution in [3.05, 3.63) is 23.8 Å². The van der Waals surface area contributed by atoms with Gasteiger partial charge in [0, 0.05) is 25.6 Å². The third-order valence-corrected chi connectivity index (χ3v) is 4.13. The smallest absolute Gasteiger partial charge is 0.248 e. The second kappa shape index (κ2) is 6.57. The quantitative estimate of drug-likeness (QED) is 0.743. The fourth-order valence-electron chi connectivity index (χ4n) is 1.80. The molecule has 0 spiro atoms. The van der Waals surface area contributed by atoms with Crippen molar-refractivity contribution in [1.82, 2.24) is 9.97 Å². The highest BCUT2D eigenvalue weighted by Crippen LogP contribution is 2.32. The normalized spacial score (nSPS) is 14.2. The summed E-state index contributed by atoms with van der Waals surface area (Å²) in [5, 5.41) is 4.11. The van der Waals surface area contributed by atoms with Crippen LogP contribution < -0.4 is 5.14 Å². The van der Waals surface area contributed by atoms with E-state index < -0.39 is 21.1 Å². The van der Waals surface area contributed by atoms with Crippen LogP contribution in [0.3, 0.4) is 0 Å².